The van der Waals surface area contributed by atoms with E-state index in [4.69, 9.17) is 5.84 Å². The molecule has 0 fully saturated rings. The molecule has 0 saturated heterocycles. The molecule has 0 radical (unpaired) electrons. The van der Waals surface area contributed by atoms with E-state index in [2.05, 4.69) is 25.7 Å². The predicted molar refractivity (Wildman–Crippen MR) is 73.4 cm³/mol. The third-order valence-electron chi connectivity index (χ3n) is 2.53. The average Bonchev–Trinajstić information content (AvgIpc) is 2.81. The normalized spacial score (nSPS) is 10.4. The number of nitrogens with zero attached hydrogens (tertiary/aromatic N) is 3. The summed E-state index contributed by atoms with van der Waals surface area (Å²) in [4.78, 5) is 13.7. The maximum atomic E-state index is 5.43. The number of thiazole rings is 1. The molecule has 2 aromatic rings. The van der Waals surface area contributed by atoms with E-state index in [1.807, 2.05) is 20.0 Å². The molecule has 0 aliphatic rings. The van der Waals surface area contributed by atoms with Crippen molar-refractivity contribution in [1.82, 2.24) is 15.0 Å². The molecule has 0 saturated carbocycles. The number of hydrogen-bond acceptors (Lipinski definition) is 7. The molecule has 0 spiro atoms. The van der Waals surface area contributed by atoms with Crippen LogP contribution in [0.2, 0.25) is 0 Å². The fourth-order valence-electron chi connectivity index (χ4n) is 1.68. The zero-order valence-corrected chi connectivity index (χ0v) is 11.2. The molecule has 0 aliphatic heterocycles. The first-order valence-electron chi connectivity index (χ1n) is 5.70. The summed E-state index contributed by atoms with van der Waals surface area (Å²) in [5.41, 5.74) is 3.58. The van der Waals surface area contributed by atoms with Crippen LogP contribution < -0.4 is 16.6 Å². The van der Waals surface area contributed by atoms with Crippen LogP contribution in [-0.2, 0) is 13.0 Å². The summed E-state index contributed by atoms with van der Waals surface area (Å²) in [5.74, 6) is 6.90. The van der Waals surface area contributed by atoms with Gasteiger partial charge in [0, 0.05) is 16.6 Å². The molecule has 0 bridgehead atoms. The highest BCUT2D eigenvalue weighted by Crippen LogP contribution is 2.21. The lowest BCUT2D eigenvalue weighted by atomic mass is 10.2. The molecule has 0 aliphatic carbocycles. The lowest BCUT2D eigenvalue weighted by molar-refractivity contribution is 1.01. The number of hydrazine groups is 1. The maximum absolute atomic E-state index is 5.43. The van der Waals surface area contributed by atoms with Gasteiger partial charge in [-0.25, -0.2) is 20.8 Å². The van der Waals surface area contributed by atoms with Crippen molar-refractivity contribution >= 4 is 23.0 Å². The van der Waals surface area contributed by atoms with Gasteiger partial charge in [0.05, 0.1) is 11.6 Å². The number of nitrogen functional groups attached to an aromatic ring is 1. The summed E-state index contributed by atoms with van der Waals surface area (Å²) < 4.78 is 0. The number of rotatable bonds is 5. The first-order chi connectivity index (χ1) is 8.74. The lowest BCUT2D eigenvalue weighted by Crippen LogP contribution is -2.13. The summed E-state index contributed by atoms with van der Waals surface area (Å²) >= 11 is 1.67. The zero-order chi connectivity index (χ0) is 13.0. The smallest absolute Gasteiger partial charge is 0.148 e. The Labute approximate surface area is 110 Å². The van der Waals surface area contributed by atoms with Crippen LogP contribution in [0.1, 0.15) is 22.4 Å². The average molecular weight is 264 g/mol. The molecule has 2 heterocycles. The summed E-state index contributed by atoms with van der Waals surface area (Å²) in [6.45, 7) is 4.74. The monoisotopic (exact) mass is 264 g/mol. The molecule has 0 aromatic carbocycles. The molecule has 96 valence electrons. The van der Waals surface area contributed by atoms with Gasteiger partial charge < -0.3 is 10.7 Å². The molecule has 0 unspecified atom stereocenters. The highest BCUT2D eigenvalue weighted by molar-refractivity contribution is 7.11. The van der Waals surface area contributed by atoms with Crippen molar-refractivity contribution in [3.05, 3.63) is 28.0 Å². The Balaban J connectivity index is 2.13. The topological polar surface area (TPSA) is 88.8 Å². The quantitative estimate of drug-likeness (QED) is 0.562. The van der Waals surface area contributed by atoms with E-state index in [0.717, 1.165) is 22.8 Å². The molecule has 6 nitrogen and oxygen atoms in total. The Kier molecular flexibility index (Phi) is 4.06. The van der Waals surface area contributed by atoms with Crippen molar-refractivity contribution in [2.24, 2.45) is 5.84 Å². The van der Waals surface area contributed by atoms with Gasteiger partial charge in [-0.1, -0.05) is 6.92 Å². The second kappa shape index (κ2) is 5.74. The number of aromatic nitrogens is 3. The van der Waals surface area contributed by atoms with Crippen LogP contribution in [0.5, 0.6) is 0 Å². The summed E-state index contributed by atoms with van der Waals surface area (Å²) in [7, 11) is 0. The zero-order valence-electron chi connectivity index (χ0n) is 10.4. The highest BCUT2D eigenvalue weighted by Gasteiger charge is 2.08. The van der Waals surface area contributed by atoms with Crippen LogP contribution in [0.3, 0.4) is 0 Å². The van der Waals surface area contributed by atoms with Crippen LogP contribution in [0, 0.1) is 6.92 Å². The summed E-state index contributed by atoms with van der Waals surface area (Å²) in [5, 5.41) is 4.36. The van der Waals surface area contributed by atoms with Gasteiger partial charge in [-0.05, 0) is 13.3 Å². The first-order valence-corrected chi connectivity index (χ1v) is 6.52. The van der Waals surface area contributed by atoms with Gasteiger partial charge >= 0.3 is 0 Å². The van der Waals surface area contributed by atoms with Crippen molar-refractivity contribution in [3.8, 4) is 0 Å². The van der Waals surface area contributed by atoms with Crippen LogP contribution in [-0.4, -0.2) is 15.0 Å². The third-order valence-corrected chi connectivity index (χ3v) is 3.45. The molecular formula is C11H16N6S. The van der Waals surface area contributed by atoms with Crippen LogP contribution in [0.25, 0.3) is 0 Å². The second-order valence-corrected chi connectivity index (χ2v) is 5.07. The van der Waals surface area contributed by atoms with Crippen LogP contribution >= 0.6 is 11.3 Å². The van der Waals surface area contributed by atoms with E-state index in [-0.39, 0.29) is 0 Å². The maximum Gasteiger partial charge on any atom is 0.148 e. The van der Waals surface area contributed by atoms with Gasteiger partial charge in [-0.3, -0.25) is 0 Å². The van der Waals surface area contributed by atoms with Crippen molar-refractivity contribution in [3.63, 3.8) is 0 Å². The number of nitrogens with two attached hydrogens (primary N) is 1. The molecule has 7 heteroatoms. The Hall–Kier alpha value is -1.73. The van der Waals surface area contributed by atoms with Gasteiger partial charge in [-0.15, -0.1) is 11.3 Å². The van der Waals surface area contributed by atoms with Gasteiger partial charge in [0.15, 0.2) is 0 Å². The first kappa shape index (κ1) is 12.7. The fourth-order valence-corrected chi connectivity index (χ4v) is 2.42. The predicted octanol–water partition coefficient (Wildman–Crippen LogP) is 1.70. The number of hydrogen-bond donors (Lipinski definition) is 3. The molecular weight excluding hydrogens is 248 g/mol. The van der Waals surface area contributed by atoms with Crippen molar-refractivity contribution < 1.29 is 0 Å². The van der Waals surface area contributed by atoms with Crippen LogP contribution in [0.15, 0.2) is 12.5 Å². The van der Waals surface area contributed by atoms with Gasteiger partial charge in [-0.2, -0.15) is 0 Å². The standard InChI is InChI=1S/C11H16N6S/c1-3-9-10(15-6-16-11(9)17-12)14-5-8-4-13-7(2)18-8/h4,6H,3,5,12H2,1-2H3,(H2,14,15,16,17). The van der Waals surface area contributed by atoms with Crippen molar-refractivity contribution in [1.29, 1.82) is 0 Å². The Bertz CT molecular complexity index is 524. The van der Waals surface area contributed by atoms with E-state index in [1.54, 1.807) is 11.3 Å². The van der Waals surface area contributed by atoms with Crippen LogP contribution in [0.4, 0.5) is 11.6 Å². The fraction of sp³-hybridized carbons (Fsp3) is 0.364. The minimum atomic E-state index is 0.662. The molecule has 2 aromatic heterocycles. The molecule has 2 rings (SSSR count). The minimum absolute atomic E-state index is 0.662. The van der Waals surface area contributed by atoms with Gasteiger partial charge in [0.1, 0.15) is 18.0 Å². The number of anilines is 2. The Morgan fingerprint density at radius 1 is 1.28 bits per heavy atom. The number of aryl methyl sites for hydroxylation is 1. The third kappa shape index (κ3) is 2.74. The van der Waals surface area contributed by atoms with E-state index >= 15 is 0 Å². The van der Waals surface area contributed by atoms with E-state index in [9.17, 15) is 0 Å². The highest BCUT2D eigenvalue weighted by atomic mass is 32.1. The summed E-state index contributed by atoms with van der Waals surface area (Å²) in [6, 6.07) is 0. The molecule has 0 atom stereocenters. The lowest BCUT2D eigenvalue weighted by Gasteiger charge is -2.11. The minimum Gasteiger partial charge on any atom is -0.365 e. The van der Waals surface area contributed by atoms with E-state index in [1.165, 1.54) is 11.2 Å². The Morgan fingerprint density at radius 3 is 2.67 bits per heavy atom. The number of nitrogens with one attached hydrogen (secondary N) is 2. The van der Waals surface area contributed by atoms with E-state index < -0.39 is 0 Å². The van der Waals surface area contributed by atoms with Crippen molar-refractivity contribution in [2.45, 2.75) is 26.8 Å². The SMILES string of the molecule is CCc1c(NN)ncnc1NCc1cnc(C)s1. The molecule has 4 N–H and O–H groups in total. The molecule has 18 heavy (non-hydrogen) atoms. The molecule has 0 amide bonds. The van der Waals surface area contributed by atoms with E-state index in [0.29, 0.717) is 12.4 Å². The Morgan fingerprint density at radius 2 is 2.06 bits per heavy atom. The van der Waals surface area contributed by atoms with Gasteiger partial charge in [0.2, 0.25) is 0 Å². The summed E-state index contributed by atoms with van der Waals surface area (Å²) in [6.07, 6.45) is 4.18. The van der Waals surface area contributed by atoms with Gasteiger partial charge in [0.25, 0.3) is 0 Å². The largest absolute Gasteiger partial charge is 0.365 e. The second-order valence-electron chi connectivity index (χ2n) is 3.75. The van der Waals surface area contributed by atoms with Crippen molar-refractivity contribution in [2.75, 3.05) is 10.7 Å².